The van der Waals surface area contributed by atoms with Gasteiger partial charge in [0.1, 0.15) is 29.2 Å². The van der Waals surface area contributed by atoms with E-state index in [2.05, 4.69) is 48.6 Å². The zero-order chi connectivity index (χ0) is 20.8. The lowest BCUT2D eigenvalue weighted by Gasteiger charge is -2.26. The number of nitrogens with one attached hydrogen (secondary N) is 2. The molecular weight excluding hydrogens is 390 g/mol. The molecule has 1 aliphatic heterocycles. The molecule has 1 aromatic carbocycles. The second-order valence-corrected chi connectivity index (χ2v) is 9.12. The van der Waals surface area contributed by atoms with Crippen molar-refractivity contribution in [2.75, 3.05) is 24.5 Å². The van der Waals surface area contributed by atoms with Crippen LogP contribution in [0.3, 0.4) is 0 Å². The van der Waals surface area contributed by atoms with E-state index in [1.165, 1.54) is 18.6 Å². The molecule has 8 nitrogen and oxygen atoms in total. The molecule has 31 heavy (non-hydrogen) atoms. The first-order valence-corrected chi connectivity index (χ1v) is 11.2. The van der Waals surface area contributed by atoms with Crippen LogP contribution in [0.2, 0.25) is 0 Å². The molecule has 6 rings (SSSR count). The number of ether oxygens (including phenoxy) is 1. The van der Waals surface area contributed by atoms with Gasteiger partial charge in [-0.25, -0.2) is 9.97 Å². The van der Waals surface area contributed by atoms with E-state index in [0.717, 1.165) is 72.8 Å². The third-order valence-corrected chi connectivity index (χ3v) is 6.47. The molecule has 2 aliphatic carbocycles. The summed E-state index contributed by atoms with van der Waals surface area (Å²) >= 11 is 0. The lowest BCUT2D eigenvalue weighted by Crippen LogP contribution is -2.36. The Labute approximate surface area is 181 Å². The molecule has 3 aliphatic rings. The second-order valence-electron chi connectivity index (χ2n) is 9.12. The van der Waals surface area contributed by atoms with Crippen LogP contribution in [0.25, 0.3) is 22.3 Å². The first-order chi connectivity index (χ1) is 15.2. The Bertz CT molecular complexity index is 1150. The van der Waals surface area contributed by atoms with Crippen LogP contribution >= 0.6 is 0 Å². The van der Waals surface area contributed by atoms with Gasteiger partial charge in [-0.15, -0.1) is 0 Å². The van der Waals surface area contributed by atoms with Crippen molar-refractivity contribution in [1.82, 2.24) is 25.6 Å². The fraction of sp³-hybridized carbons (Fsp3) is 0.478. The predicted molar refractivity (Wildman–Crippen MR) is 120 cm³/mol. The van der Waals surface area contributed by atoms with Crippen LogP contribution in [0, 0.1) is 5.92 Å². The smallest absolute Gasteiger partial charge is 0.132 e. The van der Waals surface area contributed by atoms with Gasteiger partial charge in [-0.3, -0.25) is 5.10 Å². The Morgan fingerprint density at radius 3 is 2.87 bits per heavy atom. The molecule has 2 aromatic heterocycles. The average molecular weight is 418 g/mol. The number of nitrogens with zero attached hydrogens (tertiary/aromatic N) is 5. The summed E-state index contributed by atoms with van der Waals surface area (Å²) in [4.78, 5) is 11.4. The molecule has 8 heteroatoms. The van der Waals surface area contributed by atoms with Gasteiger partial charge in [0, 0.05) is 36.7 Å². The maximum atomic E-state index is 6.16. The molecule has 2 saturated carbocycles. The molecular formula is C23H27N7O. The molecule has 2 N–H and O–H groups in total. The molecule has 2 fully saturated rings. The maximum absolute atomic E-state index is 6.16. The van der Waals surface area contributed by atoms with Gasteiger partial charge in [0.05, 0.1) is 17.8 Å². The van der Waals surface area contributed by atoms with Crippen LogP contribution in [-0.2, 0) is 0 Å². The number of aromatic nitrogens is 4. The number of rotatable bonds is 5. The summed E-state index contributed by atoms with van der Waals surface area (Å²) < 4.78 is 6.16. The van der Waals surface area contributed by atoms with Gasteiger partial charge in [-0.05, 0) is 56.7 Å². The standard InChI is InChI=1S/C23H27N7O/c1-23(7-8-23)31-16-4-5-19-17(12-16)22(29-28-19)20-13-21(25-14-24-20)30-10-6-18(15-2-3-15)27-26-9-11-30/h4-5,12-15,26H,2-3,6-11H2,1H3,(H,28,29). The quantitative estimate of drug-likeness (QED) is 0.660. The molecule has 0 radical (unpaired) electrons. The number of aromatic amines is 1. The molecule has 0 saturated heterocycles. The molecule has 0 atom stereocenters. The fourth-order valence-electron chi connectivity index (χ4n) is 4.16. The number of hydrazone groups is 1. The highest BCUT2D eigenvalue weighted by Gasteiger charge is 2.40. The van der Waals surface area contributed by atoms with Crippen LogP contribution in [0.5, 0.6) is 5.75 Å². The van der Waals surface area contributed by atoms with Crippen molar-refractivity contribution < 1.29 is 4.74 Å². The van der Waals surface area contributed by atoms with Gasteiger partial charge >= 0.3 is 0 Å². The van der Waals surface area contributed by atoms with Crippen molar-refractivity contribution >= 4 is 22.4 Å². The summed E-state index contributed by atoms with van der Waals surface area (Å²) in [5.41, 5.74) is 7.14. The van der Waals surface area contributed by atoms with E-state index < -0.39 is 0 Å². The van der Waals surface area contributed by atoms with Gasteiger partial charge in [-0.2, -0.15) is 10.2 Å². The van der Waals surface area contributed by atoms with Gasteiger partial charge in [0.25, 0.3) is 0 Å². The van der Waals surface area contributed by atoms with Crippen molar-refractivity contribution in [2.45, 2.75) is 44.6 Å². The zero-order valence-electron chi connectivity index (χ0n) is 17.8. The molecule has 3 aromatic rings. The summed E-state index contributed by atoms with van der Waals surface area (Å²) in [5, 5.41) is 13.3. The largest absolute Gasteiger partial charge is 0.488 e. The molecule has 0 unspecified atom stereocenters. The Morgan fingerprint density at radius 2 is 2.03 bits per heavy atom. The third-order valence-electron chi connectivity index (χ3n) is 6.47. The van der Waals surface area contributed by atoms with Gasteiger partial charge in [0.15, 0.2) is 0 Å². The maximum Gasteiger partial charge on any atom is 0.132 e. The number of anilines is 1. The number of fused-ring (bicyclic) bond motifs is 1. The van der Waals surface area contributed by atoms with E-state index in [0.29, 0.717) is 5.92 Å². The lowest BCUT2D eigenvalue weighted by molar-refractivity contribution is 0.200. The highest BCUT2D eigenvalue weighted by Crippen LogP contribution is 2.40. The average Bonchev–Trinajstić information content (AvgIpc) is 3.68. The highest BCUT2D eigenvalue weighted by molar-refractivity contribution is 5.93. The number of benzene rings is 1. The molecule has 160 valence electrons. The van der Waals surface area contributed by atoms with Crippen molar-refractivity contribution in [3.63, 3.8) is 0 Å². The van der Waals surface area contributed by atoms with Crippen LogP contribution in [0.1, 0.15) is 39.0 Å². The molecule has 0 bridgehead atoms. The first kappa shape index (κ1) is 18.6. The number of H-pyrrole nitrogens is 1. The Balaban J connectivity index is 1.28. The van der Waals surface area contributed by atoms with E-state index in [-0.39, 0.29) is 5.60 Å². The summed E-state index contributed by atoms with van der Waals surface area (Å²) in [6.45, 7) is 4.74. The molecule has 0 spiro atoms. The summed E-state index contributed by atoms with van der Waals surface area (Å²) in [7, 11) is 0. The van der Waals surface area contributed by atoms with E-state index in [4.69, 9.17) is 4.74 Å². The Morgan fingerprint density at radius 1 is 1.13 bits per heavy atom. The van der Waals surface area contributed by atoms with Gasteiger partial charge in [0.2, 0.25) is 0 Å². The minimum absolute atomic E-state index is 0.0121. The second kappa shape index (κ2) is 7.21. The molecule has 0 amide bonds. The normalized spacial score (nSPS) is 20.5. The van der Waals surface area contributed by atoms with Crippen LogP contribution in [0.4, 0.5) is 5.82 Å². The topological polar surface area (TPSA) is 91.3 Å². The minimum Gasteiger partial charge on any atom is -0.488 e. The Hall–Kier alpha value is -3.16. The highest BCUT2D eigenvalue weighted by atomic mass is 16.5. The van der Waals surface area contributed by atoms with Crippen molar-refractivity contribution in [3.8, 4) is 17.1 Å². The first-order valence-electron chi connectivity index (χ1n) is 11.2. The van der Waals surface area contributed by atoms with E-state index in [1.54, 1.807) is 6.33 Å². The van der Waals surface area contributed by atoms with Gasteiger partial charge < -0.3 is 15.1 Å². The molecule has 3 heterocycles. The summed E-state index contributed by atoms with van der Waals surface area (Å²) in [6.07, 6.45) is 7.37. The summed E-state index contributed by atoms with van der Waals surface area (Å²) in [6, 6.07) is 8.14. The lowest BCUT2D eigenvalue weighted by atomic mass is 10.1. The van der Waals surface area contributed by atoms with Crippen molar-refractivity contribution in [1.29, 1.82) is 0 Å². The van der Waals surface area contributed by atoms with Crippen molar-refractivity contribution in [3.05, 3.63) is 30.6 Å². The monoisotopic (exact) mass is 417 g/mol. The fourth-order valence-corrected chi connectivity index (χ4v) is 4.16. The minimum atomic E-state index is -0.0121. The Kier molecular flexibility index (Phi) is 4.33. The van der Waals surface area contributed by atoms with Crippen LogP contribution in [-0.4, -0.2) is 51.1 Å². The van der Waals surface area contributed by atoms with Crippen LogP contribution < -0.4 is 15.1 Å². The predicted octanol–water partition coefficient (Wildman–Crippen LogP) is 3.52. The van der Waals surface area contributed by atoms with E-state index >= 15 is 0 Å². The van der Waals surface area contributed by atoms with E-state index in [1.807, 2.05) is 18.2 Å². The number of hydrogen-bond acceptors (Lipinski definition) is 7. The third kappa shape index (κ3) is 3.82. The van der Waals surface area contributed by atoms with E-state index in [9.17, 15) is 0 Å². The number of hydrogen-bond donors (Lipinski definition) is 2. The van der Waals surface area contributed by atoms with Gasteiger partial charge in [-0.1, -0.05) is 0 Å². The SMILES string of the molecule is CC1(Oc2ccc3[nH]nc(-c4cc(N5CCNN=C(C6CC6)CC5)ncn4)c3c2)CC1. The zero-order valence-corrected chi connectivity index (χ0v) is 17.8. The summed E-state index contributed by atoms with van der Waals surface area (Å²) in [5.74, 6) is 2.49. The van der Waals surface area contributed by atoms with Crippen LogP contribution in [0.15, 0.2) is 35.7 Å². The van der Waals surface area contributed by atoms with Crippen molar-refractivity contribution in [2.24, 2.45) is 11.0 Å².